The number of rotatable bonds is 3. The summed E-state index contributed by atoms with van der Waals surface area (Å²) in [5, 5.41) is 0. The molecule has 0 N–H and O–H groups in total. The lowest BCUT2D eigenvalue weighted by Crippen LogP contribution is -1.93. The molecular formula is C8H16N2. The summed E-state index contributed by atoms with van der Waals surface area (Å²) in [7, 11) is 0. The Morgan fingerprint density at radius 1 is 1.20 bits per heavy atom. The smallest absolute Gasteiger partial charge is 0.0898 e. The SMILES string of the molecule is CCC(C)N=C=NC(C)C. The van der Waals surface area contributed by atoms with Crippen LogP contribution in [0.2, 0.25) is 0 Å². The van der Waals surface area contributed by atoms with Gasteiger partial charge in [-0.1, -0.05) is 6.92 Å². The van der Waals surface area contributed by atoms with Gasteiger partial charge in [-0.15, -0.1) is 0 Å². The first-order chi connectivity index (χ1) is 4.66. The summed E-state index contributed by atoms with van der Waals surface area (Å²) >= 11 is 0. The molecule has 0 amide bonds. The third-order valence-electron chi connectivity index (χ3n) is 1.18. The van der Waals surface area contributed by atoms with Crippen LogP contribution in [-0.4, -0.2) is 18.1 Å². The minimum absolute atomic E-state index is 0.313. The minimum Gasteiger partial charge on any atom is -0.223 e. The van der Waals surface area contributed by atoms with Gasteiger partial charge in [-0.2, -0.15) is 0 Å². The van der Waals surface area contributed by atoms with E-state index in [0.717, 1.165) is 6.42 Å². The zero-order valence-electron chi connectivity index (χ0n) is 7.26. The second kappa shape index (κ2) is 5.19. The molecule has 0 spiro atoms. The van der Waals surface area contributed by atoms with Crippen molar-refractivity contribution in [3.8, 4) is 0 Å². The molecule has 0 aliphatic carbocycles. The molecule has 2 heteroatoms. The molecule has 10 heavy (non-hydrogen) atoms. The van der Waals surface area contributed by atoms with Gasteiger partial charge in [0.15, 0.2) is 0 Å². The van der Waals surface area contributed by atoms with E-state index in [2.05, 4.69) is 29.8 Å². The number of hydrogen-bond donors (Lipinski definition) is 0. The molecule has 0 saturated heterocycles. The monoisotopic (exact) mass is 140 g/mol. The van der Waals surface area contributed by atoms with Gasteiger partial charge in [0.05, 0.1) is 18.1 Å². The van der Waals surface area contributed by atoms with Crippen LogP contribution in [0.5, 0.6) is 0 Å². The van der Waals surface area contributed by atoms with E-state index in [1.54, 1.807) is 0 Å². The molecule has 1 unspecified atom stereocenters. The third kappa shape index (κ3) is 5.52. The lowest BCUT2D eigenvalue weighted by Gasteiger charge is -1.94. The maximum absolute atomic E-state index is 4.07. The van der Waals surface area contributed by atoms with Crippen molar-refractivity contribution in [1.82, 2.24) is 0 Å². The quantitative estimate of drug-likeness (QED) is 0.538. The fourth-order valence-corrected chi connectivity index (χ4v) is 0.339. The van der Waals surface area contributed by atoms with Gasteiger partial charge in [-0.05, 0) is 27.2 Å². The second-order valence-electron chi connectivity index (χ2n) is 2.71. The van der Waals surface area contributed by atoms with Crippen LogP contribution in [0.15, 0.2) is 9.98 Å². The first kappa shape index (κ1) is 9.38. The first-order valence-corrected chi connectivity index (χ1v) is 3.81. The summed E-state index contributed by atoms with van der Waals surface area (Å²) in [6.07, 6.45) is 1.06. The normalized spacial score (nSPS) is 12.5. The molecule has 0 rings (SSSR count). The lowest BCUT2D eigenvalue weighted by atomic mass is 10.3. The van der Waals surface area contributed by atoms with Crippen molar-refractivity contribution in [2.75, 3.05) is 0 Å². The van der Waals surface area contributed by atoms with E-state index in [4.69, 9.17) is 0 Å². The van der Waals surface area contributed by atoms with Crippen LogP contribution in [-0.2, 0) is 0 Å². The molecule has 0 radical (unpaired) electrons. The Balaban J connectivity index is 3.73. The van der Waals surface area contributed by atoms with Crippen LogP contribution < -0.4 is 0 Å². The Morgan fingerprint density at radius 3 is 2.20 bits per heavy atom. The molecule has 0 heterocycles. The Bertz CT molecular complexity index is 132. The van der Waals surface area contributed by atoms with E-state index in [1.165, 1.54) is 0 Å². The molecule has 0 aromatic heterocycles. The molecule has 0 aliphatic rings. The highest BCUT2D eigenvalue weighted by Crippen LogP contribution is 1.92. The molecular weight excluding hydrogens is 124 g/mol. The van der Waals surface area contributed by atoms with Crippen molar-refractivity contribution in [2.45, 2.75) is 46.2 Å². The summed E-state index contributed by atoms with van der Waals surface area (Å²) in [5.74, 6) is 0. The average molecular weight is 140 g/mol. The molecule has 0 bridgehead atoms. The maximum Gasteiger partial charge on any atom is 0.0898 e. The van der Waals surface area contributed by atoms with Crippen LogP contribution in [0.3, 0.4) is 0 Å². The minimum atomic E-state index is 0.313. The van der Waals surface area contributed by atoms with Crippen LogP contribution in [0, 0.1) is 0 Å². The Kier molecular flexibility index (Phi) is 4.87. The Morgan fingerprint density at radius 2 is 1.80 bits per heavy atom. The zero-order valence-corrected chi connectivity index (χ0v) is 7.26. The largest absolute Gasteiger partial charge is 0.223 e. The van der Waals surface area contributed by atoms with Gasteiger partial charge in [0.2, 0.25) is 0 Å². The van der Waals surface area contributed by atoms with Crippen molar-refractivity contribution in [3.63, 3.8) is 0 Å². The van der Waals surface area contributed by atoms with E-state index in [9.17, 15) is 0 Å². The Hall–Kier alpha value is -0.620. The molecule has 0 aromatic carbocycles. The van der Waals surface area contributed by atoms with Crippen molar-refractivity contribution < 1.29 is 0 Å². The van der Waals surface area contributed by atoms with Gasteiger partial charge in [0.25, 0.3) is 0 Å². The number of nitrogens with zero attached hydrogens (tertiary/aromatic N) is 2. The highest BCUT2D eigenvalue weighted by atomic mass is 14.8. The van der Waals surface area contributed by atoms with Crippen molar-refractivity contribution in [2.24, 2.45) is 9.98 Å². The lowest BCUT2D eigenvalue weighted by molar-refractivity contribution is 0.718. The average Bonchev–Trinajstić information content (AvgIpc) is 1.87. The van der Waals surface area contributed by atoms with E-state index in [1.807, 2.05) is 13.8 Å². The molecule has 2 nitrogen and oxygen atoms in total. The first-order valence-electron chi connectivity index (χ1n) is 3.81. The van der Waals surface area contributed by atoms with Crippen LogP contribution >= 0.6 is 0 Å². The molecule has 0 aromatic rings. The standard InChI is InChI=1S/C8H16N2/c1-5-8(4)10-6-9-7(2)3/h7-8H,5H2,1-4H3. The van der Waals surface area contributed by atoms with Gasteiger partial charge in [-0.25, -0.2) is 9.98 Å². The zero-order chi connectivity index (χ0) is 7.98. The molecule has 58 valence electrons. The maximum atomic E-state index is 4.07. The topological polar surface area (TPSA) is 24.7 Å². The predicted octanol–water partition coefficient (Wildman–Crippen LogP) is 2.37. The summed E-state index contributed by atoms with van der Waals surface area (Å²) in [4.78, 5) is 8.06. The number of aliphatic imine (C=N–C) groups is 2. The predicted molar refractivity (Wildman–Crippen MR) is 44.8 cm³/mol. The fraction of sp³-hybridized carbons (Fsp3) is 0.875. The summed E-state index contributed by atoms with van der Waals surface area (Å²) in [6.45, 7) is 8.19. The van der Waals surface area contributed by atoms with Crippen LogP contribution in [0.25, 0.3) is 0 Å². The summed E-state index contributed by atoms with van der Waals surface area (Å²) in [5.41, 5.74) is 0. The molecule has 1 atom stereocenters. The molecule has 0 fully saturated rings. The van der Waals surface area contributed by atoms with E-state index >= 15 is 0 Å². The van der Waals surface area contributed by atoms with Crippen LogP contribution in [0.1, 0.15) is 34.1 Å². The van der Waals surface area contributed by atoms with Gasteiger partial charge in [0.1, 0.15) is 0 Å². The third-order valence-corrected chi connectivity index (χ3v) is 1.18. The van der Waals surface area contributed by atoms with E-state index in [-0.39, 0.29) is 0 Å². The molecule has 0 aliphatic heterocycles. The van der Waals surface area contributed by atoms with E-state index in [0.29, 0.717) is 12.1 Å². The van der Waals surface area contributed by atoms with E-state index < -0.39 is 0 Å². The van der Waals surface area contributed by atoms with Crippen molar-refractivity contribution >= 4 is 6.01 Å². The van der Waals surface area contributed by atoms with Crippen molar-refractivity contribution in [1.29, 1.82) is 0 Å². The highest BCUT2D eigenvalue weighted by molar-refractivity contribution is 5.41. The van der Waals surface area contributed by atoms with Gasteiger partial charge >= 0.3 is 0 Å². The Labute approximate surface area is 63.1 Å². The van der Waals surface area contributed by atoms with Crippen LogP contribution in [0.4, 0.5) is 0 Å². The summed E-state index contributed by atoms with van der Waals surface area (Å²) in [6, 6.07) is 3.36. The molecule has 0 saturated carbocycles. The second-order valence-corrected chi connectivity index (χ2v) is 2.71. The van der Waals surface area contributed by atoms with Gasteiger partial charge < -0.3 is 0 Å². The fourth-order valence-electron chi connectivity index (χ4n) is 0.339. The summed E-state index contributed by atoms with van der Waals surface area (Å²) < 4.78 is 0. The van der Waals surface area contributed by atoms with Gasteiger partial charge in [-0.3, -0.25) is 0 Å². The van der Waals surface area contributed by atoms with Crippen molar-refractivity contribution in [3.05, 3.63) is 0 Å². The number of hydrogen-bond acceptors (Lipinski definition) is 2. The highest BCUT2D eigenvalue weighted by Gasteiger charge is 1.89. The van der Waals surface area contributed by atoms with Gasteiger partial charge in [0, 0.05) is 0 Å².